The summed E-state index contributed by atoms with van der Waals surface area (Å²) >= 11 is 0. The highest BCUT2D eigenvalue weighted by atomic mass is 16.3. The monoisotopic (exact) mass is 291 g/mol. The third kappa shape index (κ3) is 1.80. The Hall–Kier alpha value is -1.93. The molecule has 112 valence electrons. The van der Waals surface area contributed by atoms with Gasteiger partial charge in [0, 0.05) is 24.6 Å². The van der Waals surface area contributed by atoms with Crippen LogP contribution in [-0.4, -0.2) is 24.5 Å². The summed E-state index contributed by atoms with van der Waals surface area (Å²) in [5.74, 6) is 0.520. The molecular formula is C20H21NO. The molecule has 1 N–H and O–H groups in total. The van der Waals surface area contributed by atoms with E-state index in [-0.39, 0.29) is 5.41 Å². The largest absolute Gasteiger partial charge is 0.387 e. The minimum absolute atomic E-state index is 0.0669. The average Bonchev–Trinajstić information content (AvgIpc) is 2.56. The second-order valence-corrected chi connectivity index (χ2v) is 6.53. The van der Waals surface area contributed by atoms with Crippen LogP contribution >= 0.6 is 0 Å². The maximum Gasteiger partial charge on any atom is 0.0898 e. The van der Waals surface area contributed by atoms with Crippen LogP contribution in [0.2, 0.25) is 0 Å². The normalized spacial score (nSPS) is 26.7. The molecule has 0 saturated heterocycles. The lowest BCUT2D eigenvalue weighted by molar-refractivity contribution is 0.189. The van der Waals surface area contributed by atoms with Crippen molar-refractivity contribution in [3.05, 3.63) is 70.8 Å². The number of hydrogen-bond acceptors (Lipinski definition) is 2. The third-order valence-corrected chi connectivity index (χ3v) is 5.44. The summed E-state index contributed by atoms with van der Waals surface area (Å²) in [6, 6.07) is 17.6. The van der Waals surface area contributed by atoms with Crippen molar-refractivity contribution in [1.82, 2.24) is 0 Å². The Balaban J connectivity index is 1.93. The van der Waals surface area contributed by atoms with Gasteiger partial charge in [0.25, 0.3) is 0 Å². The van der Waals surface area contributed by atoms with Gasteiger partial charge in [-0.2, -0.15) is 0 Å². The fourth-order valence-electron chi connectivity index (χ4n) is 4.66. The molecule has 0 fully saturated rings. The number of hydrogen-bond donors (Lipinski definition) is 1. The molecule has 3 aliphatic rings. The fraction of sp³-hybridized carbons (Fsp3) is 0.350. The minimum Gasteiger partial charge on any atom is -0.387 e. The highest BCUT2D eigenvalue weighted by molar-refractivity contribution is 5.65. The van der Waals surface area contributed by atoms with Gasteiger partial charge < -0.3 is 5.11 Å². The predicted octanol–water partition coefficient (Wildman–Crippen LogP) is 3.66. The molecule has 2 nitrogen and oxygen atoms in total. The van der Waals surface area contributed by atoms with Crippen molar-refractivity contribution < 1.29 is 5.11 Å². The number of aliphatic hydroxyl groups excluding tert-OH is 1. The summed E-state index contributed by atoms with van der Waals surface area (Å²) in [5.41, 5.74) is 5.66. The van der Waals surface area contributed by atoms with Crippen molar-refractivity contribution in [1.29, 1.82) is 0 Å². The summed E-state index contributed by atoms with van der Waals surface area (Å²) in [4.78, 5) is 4.02. The van der Waals surface area contributed by atoms with E-state index in [1.165, 1.54) is 28.7 Å². The Labute approximate surface area is 131 Å². The van der Waals surface area contributed by atoms with Crippen molar-refractivity contribution in [3.63, 3.8) is 0 Å². The molecule has 0 aliphatic heterocycles. The third-order valence-electron chi connectivity index (χ3n) is 5.44. The first kappa shape index (κ1) is 13.7. The van der Waals surface area contributed by atoms with E-state index in [2.05, 4.69) is 53.5 Å². The van der Waals surface area contributed by atoms with Crippen molar-refractivity contribution >= 4 is 6.21 Å². The molecule has 2 aromatic rings. The average molecular weight is 291 g/mol. The topological polar surface area (TPSA) is 32.6 Å². The fourth-order valence-corrected chi connectivity index (χ4v) is 4.66. The van der Waals surface area contributed by atoms with Crippen LogP contribution in [0, 0.1) is 0 Å². The lowest BCUT2D eigenvalue weighted by atomic mass is 9.54. The molecule has 22 heavy (non-hydrogen) atoms. The molecule has 0 radical (unpaired) electrons. The predicted molar refractivity (Wildman–Crippen MR) is 89.8 cm³/mol. The van der Waals surface area contributed by atoms with Crippen LogP contribution in [0.1, 0.15) is 47.4 Å². The number of rotatable bonds is 3. The van der Waals surface area contributed by atoms with E-state index in [1.807, 2.05) is 0 Å². The van der Waals surface area contributed by atoms with Gasteiger partial charge in [0.05, 0.1) is 6.10 Å². The van der Waals surface area contributed by atoms with E-state index in [1.54, 1.807) is 13.3 Å². The SMILES string of the molecule is CN=CC(O)CC12CCC(c3ccccc31)c1ccccc12. The van der Waals surface area contributed by atoms with Crippen LogP contribution in [-0.2, 0) is 5.41 Å². The van der Waals surface area contributed by atoms with Gasteiger partial charge >= 0.3 is 0 Å². The Morgan fingerprint density at radius 2 is 1.73 bits per heavy atom. The lowest BCUT2D eigenvalue weighted by Gasteiger charge is -2.50. The molecule has 0 heterocycles. The Kier molecular flexibility index (Phi) is 3.16. The summed E-state index contributed by atoms with van der Waals surface area (Å²) < 4.78 is 0. The molecule has 3 aliphatic carbocycles. The Bertz CT molecular complexity index is 686. The van der Waals surface area contributed by atoms with E-state index in [9.17, 15) is 5.11 Å². The van der Waals surface area contributed by atoms with Gasteiger partial charge in [-0.05, 0) is 41.5 Å². The van der Waals surface area contributed by atoms with E-state index in [4.69, 9.17) is 0 Å². The van der Waals surface area contributed by atoms with E-state index < -0.39 is 6.10 Å². The lowest BCUT2D eigenvalue weighted by Crippen LogP contribution is -2.42. The number of aliphatic imine (C=N–C) groups is 1. The standard InChI is InChI=1S/C20H21NO/c1-21-13-14(22)12-20-11-10-15(16-6-2-4-8-18(16)20)17-7-3-5-9-19(17)20/h2-9,13-15,22H,10-12H2,1H3. The second-order valence-electron chi connectivity index (χ2n) is 6.53. The molecule has 2 heteroatoms. The van der Waals surface area contributed by atoms with Crippen LogP contribution in [0.5, 0.6) is 0 Å². The summed E-state index contributed by atoms with van der Waals surface area (Å²) in [6.45, 7) is 0. The number of aliphatic hydroxyl groups is 1. The van der Waals surface area contributed by atoms with Gasteiger partial charge in [-0.15, -0.1) is 0 Å². The molecule has 1 atom stereocenters. The van der Waals surface area contributed by atoms with Gasteiger partial charge in [-0.25, -0.2) is 0 Å². The van der Waals surface area contributed by atoms with E-state index >= 15 is 0 Å². The van der Waals surface area contributed by atoms with E-state index in [0.717, 1.165) is 6.42 Å². The quantitative estimate of drug-likeness (QED) is 0.860. The zero-order valence-corrected chi connectivity index (χ0v) is 12.9. The number of benzene rings is 2. The van der Waals surface area contributed by atoms with Gasteiger partial charge in [0.2, 0.25) is 0 Å². The van der Waals surface area contributed by atoms with Crippen molar-refractivity contribution in [2.75, 3.05) is 7.05 Å². The molecular weight excluding hydrogens is 270 g/mol. The molecule has 2 aromatic carbocycles. The molecule has 0 spiro atoms. The number of fused-ring (bicyclic) bond motifs is 1. The van der Waals surface area contributed by atoms with Gasteiger partial charge in [-0.1, -0.05) is 48.5 Å². The van der Waals surface area contributed by atoms with E-state index in [0.29, 0.717) is 12.3 Å². The molecule has 1 unspecified atom stereocenters. The van der Waals surface area contributed by atoms with Gasteiger partial charge in [-0.3, -0.25) is 4.99 Å². The van der Waals surface area contributed by atoms with Crippen LogP contribution in [0.15, 0.2) is 53.5 Å². The Morgan fingerprint density at radius 3 is 2.32 bits per heavy atom. The summed E-state index contributed by atoms with van der Waals surface area (Å²) in [7, 11) is 1.72. The van der Waals surface area contributed by atoms with Crippen LogP contribution in [0.3, 0.4) is 0 Å². The minimum atomic E-state index is -0.499. The van der Waals surface area contributed by atoms with Crippen LogP contribution in [0.25, 0.3) is 0 Å². The first-order valence-electron chi connectivity index (χ1n) is 8.05. The molecule has 0 aromatic heterocycles. The summed E-state index contributed by atoms with van der Waals surface area (Å²) in [6.07, 6.45) is 4.16. The smallest absolute Gasteiger partial charge is 0.0898 e. The van der Waals surface area contributed by atoms with Crippen molar-refractivity contribution in [2.24, 2.45) is 4.99 Å². The van der Waals surface area contributed by atoms with Gasteiger partial charge in [0.1, 0.15) is 0 Å². The summed E-state index contributed by atoms with van der Waals surface area (Å²) in [5, 5.41) is 10.4. The number of nitrogens with zero attached hydrogens (tertiary/aromatic N) is 1. The first-order valence-corrected chi connectivity index (χ1v) is 8.05. The van der Waals surface area contributed by atoms with Crippen LogP contribution in [0.4, 0.5) is 0 Å². The zero-order chi connectivity index (χ0) is 15.2. The molecule has 0 amide bonds. The highest BCUT2D eigenvalue weighted by Gasteiger charge is 2.48. The molecule has 2 bridgehead atoms. The second kappa shape index (κ2) is 5.06. The maximum absolute atomic E-state index is 10.4. The highest BCUT2D eigenvalue weighted by Crippen LogP contribution is 2.57. The van der Waals surface area contributed by atoms with Crippen molar-refractivity contribution in [3.8, 4) is 0 Å². The van der Waals surface area contributed by atoms with Gasteiger partial charge in [0.15, 0.2) is 0 Å². The first-order chi connectivity index (χ1) is 10.8. The molecule has 5 rings (SSSR count). The zero-order valence-electron chi connectivity index (χ0n) is 12.9. The van der Waals surface area contributed by atoms with Crippen molar-refractivity contribution in [2.45, 2.75) is 36.7 Å². The molecule has 0 saturated carbocycles. The van der Waals surface area contributed by atoms with Crippen LogP contribution < -0.4 is 0 Å². The maximum atomic E-state index is 10.4. The Morgan fingerprint density at radius 1 is 1.14 bits per heavy atom.